The maximum atomic E-state index is 12.7. The van der Waals surface area contributed by atoms with E-state index < -0.39 is 21.2 Å². The highest BCUT2D eigenvalue weighted by Crippen LogP contribution is 2.31. The Bertz CT molecular complexity index is 575. The van der Waals surface area contributed by atoms with Gasteiger partial charge in [0.1, 0.15) is 0 Å². The van der Waals surface area contributed by atoms with Gasteiger partial charge >= 0.3 is 0 Å². The van der Waals surface area contributed by atoms with Crippen molar-refractivity contribution in [1.29, 1.82) is 0 Å². The van der Waals surface area contributed by atoms with Gasteiger partial charge in [-0.1, -0.05) is 0 Å². The summed E-state index contributed by atoms with van der Waals surface area (Å²) in [5.41, 5.74) is 5.13. The summed E-state index contributed by atoms with van der Waals surface area (Å²) in [4.78, 5) is 0.264. The predicted molar refractivity (Wildman–Crippen MR) is 78.9 cm³/mol. The van der Waals surface area contributed by atoms with E-state index in [0.29, 0.717) is 18.8 Å². The van der Waals surface area contributed by atoms with E-state index in [1.165, 1.54) is 4.31 Å². The molecule has 0 aromatic heterocycles. The third-order valence-electron chi connectivity index (χ3n) is 3.18. The molecule has 0 atom stereocenters. The summed E-state index contributed by atoms with van der Waals surface area (Å²) in [5, 5.41) is 0. The second-order valence-corrected chi connectivity index (χ2v) is 8.40. The summed E-state index contributed by atoms with van der Waals surface area (Å²) >= 11 is 0. The van der Waals surface area contributed by atoms with E-state index >= 15 is 0 Å². The largest absolute Gasteiger partial charge is 0.399 e. The SMILES string of the molecule is CC1(C)CN(S(=O)(=O)c2ccc(N)cc2)CC(C)(C)O1. The lowest BCUT2D eigenvalue weighted by Gasteiger charge is -2.46. The number of nitrogens with two attached hydrogens (primary N) is 1. The second-order valence-electron chi connectivity index (χ2n) is 6.46. The van der Waals surface area contributed by atoms with Gasteiger partial charge in [-0.15, -0.1) is 0 Å². The van der Waals surface area contributed by atoms with Gasteiger partial charge in [0.05, 0.1) is 16.1 Å². The Kier molecular flexibility index (Phi) is 3.60. The maximum Gasteiger partial charge on any atom is 0.243 e. The van der Waals surface area contributed by atoms with Gasteiger partial charge in [-0.05, 0) is 52.0 Å². The predicted octanol–water partition coefficient (Wildman–Crippen LogP) is 1.85. The molecular weight excluding hydrogens is 276 g/mol. The maximum absolute atomic E-state index is 12.7. The highest BCUT2D eigenvalue weighted by atomic mass is 32.2. The molecule has 0 unspecified atom stereocenters. The topological polar surface area (TPSA) is 72.6 Å². The molecule has 2 N–H and O–H groups in total. The molecule has 2 rings (SSSR count). The first-order valence-electron chi connectivity index (χ1n) is 6.58. The molecule has 1 aliphatic rings. The molecule has 1 saturated heterocycles. The number of hydrogen-bond donors (Lipinski definition) is 1. The first kappa shape index (κ1) is 15.3. The van der Waals surface area contributed by atoms with Crippen LogP contribution in [0.5, 0.6) is 0 Å². The van der Waals surface area contributed by atoms with Crippen molar-refractivity contribution in [2.45, 2.75) is 43.8 Å². The smallest absolute Gasteiger partial charge is 0.243 e. The van der Waals surface area contributed by atoms with Gasteiger partial charge in [0.2, 0.25) is 10.0 Å². The van der Waals surface area contributed by atoms with Crippen molar-refractivity contribution < 1.29 is 13.2 Å². The van der Waals surface area contributed by atoms with Crippen LogP contribution in [0.3, 0.4) is 0 Å². The average Bonchev–Trinajstić information content (AvgIpc) is 2.25. The van der Waals surface area contributed by atoms with Gasteiger partial charge in [0, 0.05) is 18.8 Å². The van der Waals surface area contributed by atoms with Crippen molar-refractivity contribution >= 4 is 15.7 Å². The lowest BCUT2D eigenvalue weighted by molar-refractivity contribution is -0.163. The van der Waals surface area contributed by atoms with Gasteiger partial charge in [-0.3, -0.25) is 0 Å². The number of nitrogens with zero attached hydrogens (tertiary/aromatic N) is 1. The molecule has 20 heavy (non-hydrogen) atoms. The fourth-order valence-electron chi connectivity index (χ4n) is 2.68. The summed E-state index contributed by atoms with van der Waals surface area (Å²) in [6, 6.07) is 6.29. The summed E-state index contributed by atoms with van der Waals surface area (Å²) in [6.07, 6.45) is 0. The van der Waals surface area contributed by atoms with Crippen molar-refractivity contribution in [3.8, 4) is 0 Å². The molecule has 1 aliphatic heterocycles. The zero-order chi connectivity index (χ0) is 15.2. The number of ether oxygens (including phenoxy) is 1. The minimum atomic E-state index is -3.52. The zero-order valence-electron chi connectivity index (χ0n) is 12.4. The number of morpholine rings is 1. The Balaban J connectivity index is 2.36. The van der Waals surface area contributed by atoms with Crippen LogP contribution in [0.1, 0.15) is 27.7 Å². The molecule has 6 heteroatoms. The van der Waals surface area contributed by atoms with E-state index in [-0.39, 0.29) is 4.90 Å². The van der Waals surface area contributed by atoms with E-state index in [0.717, 1.165) is 0 Å². The molecule has 1 aromatic rings. The van der Waals surface area contributed by atoms with Crippen LogP contribution in [0.15, 0.2) is 29.2 Å². The van der Waals surface area contributed by atoms with Crippen LogP contribution >= 0.6 is 0 Å². The summed E-state index contributed by atoms with van der Waals surface area (Å²) in [6.45, 7) is 8.28. The third kappa shape index (κ3) is 3.13. The van der Waals surface area contributed by atoms with Gasteiger partial charge in [-0.2, -0.15) is 4.31 Å². The molecule has 112 valence electrons. The minimum Gasteiger partial charge on any atom is -0.399 e. The Morgan fingerprint density at radius 2 is 1.50 bits per heavy atom. The fraction of sp³-hybridized carbons (Fsp3) is 0.571. The van der Waals surface area contributed by atoms with E-state index in [1.54, 1.807) is 24.3 Å². The van der Waals surface area contributed by atoms with Crippen molar-refractivity contribution in [3.63, 3.8) is 0 Å². The Morgan fingerprint density at radius 3 is 1.95 bits per heavy atom. The van der Waals surface area contributed by atoms with Gasteiger partial charge < -0.3 is 10.5 Å². The molecule has 0 radical (unpaired) electrons. The van der Waals surface area contributed by atoms with Crippen molar-refractivity contribution in [1.82, 2.24) is 4.31 Å². The van der Waals surface area contributed by atoms with E-state index in [2.05, 4.69) is 0 Å². The van der Waals surface area contributed by atoms with Crippen molar-refractivity contribution in [2.75, 3.05) is 18.8 Å². The molecular formula is C14H22N2O3S. The van der Waals surface area contributed by atoms with Crippen LogP contribution in [0.25, 0.3) is 0 Å². The number of hydrogen-bond acceptors (Lipinski definition) is 4. The third-order valence-corrected chi connectivity index (χ3v) is 4.99. The van der Waals surface area contributed by atoms with Gasteiger partial charge in [0.15, 0.2) is 0 Å². The zero-order valence-corrected chi connectivity index (χ0v) is 13.2. The van der Waals surface area contributed by atoms with Gasteiger partial charge in [-0.25, -0.2) is 8.42 Å². The molecule has 0 aliphatic carbocycles. The lowest BCUT2D eigenvalue weighted by atomic mass is 10.0. The number of anilines is 1. The van der Waals surface area contributed by atoms with Crippen LogP contribution in [-0.4, -0.2) is 37.0 Å². The average molecular weight is 298 g/mol. The first-order valence-corrected chi connectivity index (χ1v) is 8.02. The fourth-order valence-corrected chi connectivity index (χ4v) is 4.42. The number of nitrogen functional groups attached to an aromatic ring is 1. The number of rotatable bonds is 2. The molecule has 0 spiro atoms. The van der Waals surface area contributed by atoms with Crippen LogP contribution in [0.2, 0.25) is 0 Å². The Morgan fingerprint density at radius 1 is 1.05 bits per heavy atom. The van der Waals surface area contributed by atoms with E-state index in [9.17, 15) is 8.42 Å². The molecule has 0 saturated carbocycles. The summed E-state index contributed by atoms with van der Waals surface area (Å²) < 4.78 is 32.8. The van der Waals surface area contributed by atoms with Crippen LogP contribution < -0.4 is 5.73 Å². The normalized spacial score (nSPS) is 22.6. The Labute approximate surface area is 120 Å². The number of sulfonamides is 1. The highest BCUT2D eigenvalue weighted by molar-refractivity contribution is 7.89. The minimum absolute atomic E-state index is 0.264. The summed E-state index contributed by atoms with van der Waals surface area (Å²) in [5.74, 6) is 0. The van der Waals surface area contributed by atoms with Crippen molar-refractivity contribution in [3.05, 3.63) is 24.3 Å². The quantitative estimate of drug-likeness (QED) is 0.846. The van der Waals surface area contributed by atoms with Crippen molar-refractivity contribution in [2.24, 2.45) is 0 Å². The second kappa shape index (κ2) is 4.72. The molecule has 5 nitrogen and oxygen atoms in total. The highest BCUT2D eigenvalue weighted by Gasteiger charge is 2.43. The molecule has 0 bridgehead atoms. The molecule has 1 heterocycles. The Hall–Kier alpha value is -1.11. The first-order chi connectivity index (χ1) is 9.02. The standard InChI is InChI=1S/C14H22N2O3S/c1-13(2)9-16(10-14(3,4)19-13)20(17,18)12-7-5-11(15)6-8-12/h5-8H,9-10,15H2,1-4H3. The van der Waals surface area contributed by atoms with Gasteiger partial charge in [0.25, 0.3) is 0 Å². The summed E-state index contributed by atoms with van der Waals surface area (Å²) in [7, 11) is -3.52. The molecule has 0 amide bonds. The van der Waals surface area contributed by atoms with E-state index in [4.69, 9.17) is 10.5 Å². The number of benzene rings is 1. The molecule has 1 fully saturated rings. The lowest BCUT2D eigenvalue weighted by Crippen LogP contribution is -2.58. The molecule has 1 aromatic carbocycles. The van der Waals surface area contributed by atoms with Crippen LogP contribution in [0, 0.1) is 0 Å². The monoisotopic (exact) mass is 298 g/mol. The van der Waals surface area contributed by atoms with Crippen LogP contribution in [0.4, 0.5) is 5.69 Å². The van der Waals surface area contributed by atoms with E-state index in [1.807, 2.05) is 27.7 Å². The van der Waals surface area contributed by atoms with Crippen LogP contribution in [-0.2, 0) is 14.8 Å².